The van der Waals surface area contributed by atoms with Gasteiger partial charge in [0.2, 0.25) is 15.0 Å². The Morgan fingerprint density at radius 2 is 1.09 bits per heavy atom. The van der Waals surface area contributed by atoms with Crippen LogP contribution >= 0.6 is 15.0 Å². The molecule has 0 heterocycles. The van der Waals surface area contributed by atoms with Crippen LogP contribution in [0.15, 0.2) is 30.3 Å². The van der Waals surface area contributed by atoms with Crippen molar-refractivity contribution in [2.75, 3.05) is 26.4 Å². The summed E-state index contributed by atoms with van der Waals surface area (Å²) in [6, 6.07) is 8.96. The standard InChI is InChI=1S/C14H25O6P2Si/c1-5-17-21(15,18-6-2)23(14-12-10-9-11-13-14)22(16,19-7-3)20-8-4/h9-13H,5-8H2,1-4H3. The predicted molar refractivity (Wildman–Crippen MR) is 92.2 cm³/mol. The zero-order chi connectivity index (χ0) is 17.3. The smallest absolute Gasteiger partial charge is 0.617 e. The molecule has 0 fully saturated rings. The molecule has 6 nitrogen and oxygen atoms in total. The van der Waals surface area contributed by atoms with Crippen LogP contribution in [0.25, 0.3) is 0 Å². The van der Waals surface area contributed by atoms with Crippen molar-refractivity contribution in [1.82, 2.24) is 0 Å². The summed E-state index contributed by atoms with van der Waals surface area (Å²) in [6.07, 6.45) is 0. The van der Waals surface area contributed by atoms with E-state index in [0.29, 0.717) is 5.19 Å². The van der Waals surface area contributed by atoms with Crippen molar-refractivity contribution < 1.29 is 27.9 Å². The molecule has 0 bridgehead atoms. The van der Waals surface area contributed by atoms with E-state index in [1.165, 1.54) is 0 Å². The molecule has 0 spiro atoms. The van der Waals surface area contributed by atoms with Crippen LogP contribution < -0.4 is 15.0 Å². The summed E-state index contributed by atoms with van der Waals surface area (Å²) in [5.74, 6) is 0. The molecule has 1 aromatic rings. The van der Waals surface area contributed by atoms with E-state index in [1.807, 2.05) is 6.07 Å². The largest absolute Gasteiger partial charge is 0.639 e. The lowest BCUT2D eigenvalue weighted by molar-refractivity contribution is -0.215. The fraction of sp³-hybridized carbons (Fsp3) is 0.571. The topological polar surface area (TPSA) is 83.0 Å². The molecule has 9 heteroatoms. The van der Waals surface area contributed by atoms with Crippen molar-refractivity contribution in [3.63, 3.8) is 0 Å². The van der Waals surface area contributed by atoms with E-state index in [2.05, 4.69) is 0 Å². The van der Waals surface area contributed by atoms with Gasteiger partial charge in [-0.05, 0) is 27.7 Å². The molecule has 1 radical (unpaired) electrons. The van der Waals surface area contributed by atoms with E-state index >= 15 is 0 Å². The number of rotatable bonds is 11. The second-order valence-corrected chi connectivity index (χ2v) is 15.6. The quantitative estimate of drug-likeness (QED) is 0.431. The molecule has 0 saturated carbocycles. The Hall–Kier alpha value is 0.0569. The first-order chi connectivity index (χ1) is 11.0. The van der Waals surface area contributed by atoms with Gasteiger partial charge in [-0.15, -0.1) is 0 Å². The predicted octanol–water partition coefficient (Wildman–Crippen LogP) is 1.77. The van der Waals surface area contributed by atoms with E-state index in [9.17, 15) is 9.79 Å². The molecular weight excluding hydrogens is 354 g/mol. The minimum Gasteiger partial charge on any atom is -0.639 e. The summed E-state index contributed by atoms with van der Waals surface area (Å²) in [5.41, 5.74) is 0. The van der Waals surface area contributed by atoms with Gasteiger partial charge in [-0.25, -0.2) is 18.1 Å². The third-order valence-electron chi connectivity index (χ3n) is 2.75. The van der Waals surface area contributed by atoms with Crippen LogP contribution in [0.2, 0.25) is 0 Å². The first-order valence-corrected chi connectivity index (χ1v) is 14.0. The SMILES string of the molecule is CCO[P+]([O-])(OCC)[Si](c1ccccc1)[P+]([O-])(OCC)OCC. The highest BCUT2D eigenvalue weighted by molar-refractivity contribution is 8.23. The Bertz CT molecular complexity index is 416. The van der Waals surface area contributed by atoms with Crippen LogP contribution in [-0.4, -0.2) is 34.6 Å². The molecule has 0 saturated heterocycles. The van der Waals surface area contributed by atoms with Crippen LogP contribution in [0.1, 0.15) is 27.7 Å². The van der Waals surface area contributed by atoms with Crippen LogP contribution in [0, 0.1) is 0 Å². The molecule has 0 aliphatic rings. The Kier molecular flexibility index (Phi) is 9.30. The molecular formula is C14H25O6P2Si. The lowest BCUT2D eigenvalue weighted by atomic mass is 10.4. The van der Waals surface area contributed by atoms with E-state index in [4.69, 9.17) is 18.1 Å². The van der Waals surface area contributed by atoms with Gasteiger partial charge in [-0.2, -0.15) is 0 Å². The van der Waals surface area contributed by atoms with Gasteiger partial charge in [-0.1, -0.05) is 30.3 Å². The van der Waals surface area contributed by atoms with Gasteiger partial charge >= 0.3 is 8.13 Å². The fourth-order valence-corrected chi connectivity index (χ4v) is 17.0. The molecule has 0 aliphatic carbocycles. The summed E-state index contributed by atoms with van der Waals surface area (Å²) < 4.78 is 21.9. The molecule has 0 N–H and O–H groups in total. The zero-order valence-corrected chi connectivity index (χ0v) is 16.8. The van der Waals surface area contributed by atoms with Gasteiger partial charge in [0.15, 0.2) is 0 Å². The van der Waals surface area contributed by atoms with Gasteiger partial charge in [0.25, 0.3) is 0 Å². The molecule has 0 aliphatic heterocycles. The van der Waals surface area contributed by atoms with E-state index in [-0.39, 0.29) is 26.4 Å². The van der Waals surface area contributed by atoms with Crippen LogP contribution in [-0.2, 0) is 18.1 Å². The van der Waals surface area contributed by atoms with Crippen LogP contribution in [0.3, 0.4) is 0 Å². The third-order valence-corrected chi connectivity index (χ3v) is 17.6. The average Bonchev–Trinajstić information content (AvgIpc) is 2.49. The average molecular weight is 379 g/mol. The third kappa shape index (κ3) is 5.53. The van der Waals surface area contributed by atoms with Gasteiger partial charge in [0, 0.05) is 5.19 Å². The van der Waals surface area contributed by atoms with E-state index in [1.54, 1.807) is 52.0 Å². The highest BCUT2D eigenvalue weighted by Gasteiger charge is 2.67. The molecule has 0 amide bonds. The minimum atomic E-state index is -3.64. The second kappa shape index (κ2) is 10.1. The summed E-state index contributed by atoms with van der Waals surface area (Å²) in [5, 5.41) is 0.646. The highest BCUT2D eigenvalue weighted by Crippen LogP contribution is 2.71. The van der Waals surface area contributed by atoms with E-state index < -0.39 is 23.1 Å². The first kappa shape index (κ1) is 21.1. The number of benzene rings is 1. The van der Waals surface area contributed by atoms with Crippen molar-refractivity contribution in [2.24, 2.45) is 0 Å². The lowest BCUT2D eigenvalue weighted by Gasteiger charge is -2.37. The normalized spacial score (nSPS) is 12.8. The molecule has 0 atom stereocenters. The maximum absolute atomic E-state index is 13.4. The van der Waals surface area contributed by atoms with Crippen molar-refractivity contribution in [2.45, 2.75) is 27.7 Å². The fourth-order valence-electron chi connectivity index (χ4n) is 2.05. The summed E-state index contributed by atoms with van der Waals surface area (Å²) in [7, 11) is -9.71. The molecule has 0 aromatic heterocycles. The Balaban J connectivity index is 3.40. The molecule has 23 heavy (non-hydrogen) atoms. The molecule has 131 valence electrons. The summed E-state index contributed by atoms with van der Waals surface area (Å²) >= 11 is 0. The monoisotopic (exact) mass is 379 g/mol. The van der Waals surface area contributed by atoms with Gasteiger partial charge in [-0.3, -0.25) is 0 Å². The highest BCUT2D eigenvalue weighted by atomic mass is 31.7. The maximum atomic E-state index is 13.4. The Morgan fingerprint density at radius 1 is 0.739 bits per heavy atom. The first-order valence-electron chi connectivity index (χ1n) is 7.69. The van der Waals surface area contributed by atoms with Crippen LogP contribution in [0.4, 0.5) is 0 Å². The van der Waals surface area contributed by atoms with Crippen LogP contribution in [0.5, 0.6) is 0 Å². The summed E-state index contributed by atoms with van der Waals surface area (Å²) in [6.45, 7) is 7.66. The van der Waals surface area contributed by atoms with E-state index in [0.717, 1.165) is 0 Å². The van der Waals surface area contributed by atoms with Crippen molar-refractivity contribution in [3.8, 4) is 0 Å². The lowest BCUT2D eigenvalue weighted by Crippen LogP contribution is -2.47. The van der Waals surface area contributed by atoms with Crippen molar-refractivity contribution in [1.29, 1.82) is 0 Å². The Morgan fingerprint density at radius 3 is 1.39 bits per heavy atom. The number of hydrogen-bond acceptors (Lipinski definition) is 6. The van der Waals surface area contributed by atoms with Gasteiger partial charge in [0.1, 0.15) is 0 Å². The summed E-state index contributed by atoms with van der Waals surface area (Å²) in [4.78, 5) is 26.8. The minimum absolute atomic E-state index is 0.191. The van der Waals surface area contributed by atoms with Crippen molar-refractivity contribution in [3.05, 3.63) is 30.3 Å². The number of hydrogen-bond donors (Lipinski definition) is 0. The molecule has 1 aromatic carbocycles. The van der Waals surface area contributed by atoms with Gasteiger partial charge in [0.05, 0.1) is 26.4 Å². The molecule has 0 unspecified atom stereocenters. The van der Waals surface area contributed by atoms with Crippen molar-refractivity contribution >= 4 is 28.3 Å². The maximum Gasteiger partial charge on any atom is 0.617 e. The Labute approximate surface area is 141 Å². The zero-order valence-electron chi connectivity index (χ0n) is 14.1. The molecule has 1 rings (SSSR count). The second-order valence-electron chi connectivity index (χ2n) is 4.36. The van der Waals surface area contributed by atoms with Gasteiger partial charge < -0.3 is 9.79 Å².